The van der Waals surface area contributed by atoms with E-state index in [4.69, 9.17) is 13.9 Å². The lowest BCUT2D eigenvalue weighted by Gasteiger charge is -2.11. The van der Waals surface area contributed by atoms with Crippen LogP contribution in [0.3, 0.4) is 0 Å². The molecule has 0 radical (unpaired) electrons. The van der Waals surface area contributed by atoms with Crippen molar-refractivity contribution >= 4 is 6.09 Å². The van der Waals surface area contributed by atoms with Gasteiger partial charge in [-0.15, -0.1) is 0 Å². The molecule has 0 saturated carbocycles. The van der Waals surface area contributed by atoms with E-state index in [0.717, 1.165) is 5.56 Å². The van der Waals surface area contributed by atoms with Crippen LogP contribution in [-0.4, -0.2) is 21.2 Å². The van der Waals surface area contributed by atoms with Crippen LogP contribution >= 0.6 is 0 Å². The normalized spacial score (nSPS) is 12.0. The summed E-state index contributed by atoms with van der Waals surface area (Å²) in [5, 5.41) is 11.4. The van der Waals surface area contributed by atoms with E-state index in [2.05, 4.69) is 15.3 Å². The molecule has 0 bridgehead atoms. The van der Waals surface area contributed by atoms with E-state index in [1.807, 2.05) is 30.3 Å². The highest BCUT2D eigenvalue weighted by Gasteiger charge is 2.22. The summed E-state index contributed by atoms with van der Waals surface area (Å²) in [5.74, 6) is 1.42. The van der Waals surface area contributed by atoms with Gasteiger partial charge in [0, 0.05) is 12.0 Å². The molecule has 23 heavy (non-hydrogen) atoms. The molecule has 1 atom stereocenters. The summed E-state index contributed by atoms with van der Waals surface area (Å²) >= 11 is 0. The van der Waals surface area contributed by atoms with Gasteiger partial charge in [0.15, 0.2) is 0 Å². The van der Waals surface area contributed by atoms with Crippen molar-refractivity contribution in [3.63, 3.8) is 0 Å². The van der Waals surface area contributed by atoms with Crippen molar-refractivity contribution in [1.82, 2.24) is 15.3 Å². The number of benzene rings is 1. The van der Waals surface area contributed by atoms with Crippen LogP contribution in [0.5, 0.6) is 0 Å². The van der Waals surface area contributed by atoms with Crippen LogP contribution in [0.4, 0.5) is 4.79 Å². The molecule has 1 unspecified atom stereocenters. The maximum atomic E-state index is 11.0. The highest BCUT2D eigenvalue weighted by Crippen LogP contribution is 2.25. The Morgan fingerprint density at radius 2 is 2.13 bits per heavy atom. The molecule has 0 saturated heterocycles. The van der Waals surface area contributed by atoms with E-state index in [1.54, 1.807) is 6.92 Å². The van der Waals surface area contributed by atoms with E-state index < -0.39 is 12.1 Å². The van der Waals surface area contributed by atoms with Crippen molar-refractivity contribution in [2.75, 3.05) is 0 Å². The number of rotatable bonds is 5. The Balaban J connectivity index is 1.86. The van der Waals surface area contributed by atoms with Crippen LogP contribution in [0.2, 0.25) is 0 Å². The molecule has 2 aromatic heterocycles. The molecule has 0 aliphatic rings. The minimum absolute atomic E-state index is 0.287. The quantitative estimate of drug-likeness (QED) is 0.750. The molecular weight excluding hydrogens is 298 g/mol. The molecule has 7 heteroatoms. The topological polar surface area (TPSA) is 101 Å². The summed E-state index contributed by atoms with van der Waals surface area (Å²) in [7, 11) is 0. The van der Waals surface area contributed by atoms with Crippen molar-refractivity contribution in [2.24, 2.45) is 0 Å². The summed E-state index contributed by atoms with van der Waals surface area (Å²) in [6.45, 7) is 1.79. The second-order valence-corrected chi connectivity index (χ2v) is 4.96. The molecule has 2 N–H and O–H groups in total. The summed E-state index contributed by atoms with van der Waals surface area (Å²) < 4.78 is 10.9. The van der Waals surface area contributed by atoms with Gasteiger partial charge >= 0.3 is 6.09 Å². The third kappa shape index (κ3) is 3.39. The number of hydrogen-bond acceptors (Lipinski definition) is 5. The van der Waals surface area contributed by atoms with Gasteiger partial charge in [0.25, 0.3) is 0 Å². The summed E-state index contributed by atoms with van der Waals surface area (Å²) in [4.78, 5) is 19.5. The highest BCUT2D eigenvalue weighted by atomic mass is 16.4. The van der Waals surface area contributed by atoms with Gasteiger partial charge in [-0.2, -0.15) is 0 Å². The van der Waals surface area contributed by atoms with Crippen LogP contribution < -0.4 is 5.32 Å². The Hall–Kier alpha value is -3.09. The molecule has 1 aromatic carbocycles. The van der Waals surface area contributed by atoms with Gasteiger partial charge in [-0.25, -0.2) is 14.8 Å². The summed E-state index contributed by atoms with van der Waals surface area (Å²) in [6, 6.07) is 8.88. The van der Waals surface area contributed by atoms with Gasteiger partial charge in [-0.05, 0) is 19.1 Å². The molecule has 0 spiro atoms. The lowest BCUT2D eigenvalue weighted by Crippen LogP contribution is -2.28. The number of carboxylic acid groups (broad SMARTS) is 1. The predicted octanol–water partition coefficient (Wildman–Crippen LogP) is 3.19. The second kappa shape index (κ2) is 6.35. The van der Waals surface area contributed by atoms with Crippen molar-refractivity contribution in [3.05, 3.63) is 60.1 Å². The summed E-state index contributed by atoms with van der Waals surface area (Å²) in [5.41, 5.74) is 1.52. The number of hydrogen-bond donors (Lipinski definition) is 2. The number of aromatic nitrogens is 2. The summed E-state index contributed by atoms with van der Waals surface area (Å²) in [6.07, 6.45) is 2.00. The first-order valence-electron chi connectivity index (χ1n) is 7.04. The largest absolute Gasteiger partial charge is 0.465 e. The first-order valence-corrected chi connectivity index (χ1v) is 7.04. The van der Waals surface area contributed by atoms with Crippen LogP contribution in [0.1, 0.15) is 23.4 Å². The fourth-order valence-corrected chi connectivity index (χ4v) is 2.27. The zero-order valence-electron chi connectivity index (χ0n) is 12.4. The third-order valence-electron chi connectivity index (χ3n) is 3.36. The number of nitrogens with one attached hydrogen (secondary N) is 1. The predicted molar refractivity (Wildman–Crippen MR) is 80.8 cm³/mol. The molecule has 3 aromatic rings. The van der Waals surface area contributed by atoms with Gasteiger partial charge in [0.2, 0.25) is 11.8 Å². The Bertz CT molecular complexity index is 781. The van der Waals surface area contributed by atoms with Gasteiger partial charge in [-0.1, -0.05) is 18.2 Å². The van der Waals surface area contributed by atoms with E-state index in [9.17, 15) is 4.79 Å². The number of aryl methyl sites for hydroxylation is 1. The molecular formula is C16H15N3O4. The van der Waals surface area contributed by atoms with Crippen LogP contribution in [0.25, 0.3) is 11.5 Å². The third-order valence-corrected chi connectivity index (χ3v) is 3.36. The lowest BCUT2D eigenvalue weighted by atomic mass is 10.1. The minimum atomic E-state index is -1.15. The van der Waals surface area contributed by atoms with E-state index >= 15 is 0 Å². The number of carbonyl (C=O) groups is 1. The fraction of sp³-hybridized carbons (Fsp3) is 0.188. The average molecular weight is 313 g/mol. The van der Waals surface area contributed by atoms with Gasteiger partial charge in [-0.3, -0.25) is 0 Å². The average Bonchev–Trinajstić information content (AvgIpc) is 3.18. The number of amides is 1. The Kier molecular flexibility index (Phi) is 4.09. The Morgan fingerprint density at radius 1 is 1.35 bits per heavy atom. The molecule has 1 amide bonds. The number of nitrogens with zero attached hydrogens (tertiary/aromatic N) is 2. The SMILES string of the molecule is Cc1oc(-c2ccccc2)nc1CC(NC(=O)O)c1ncco1. The van der Waals surface area contributed by atoms with E-state index in [-0.39, 0.29) is 12.3 Å². The highest BCUT2D eigenvalue weighted by molar-refractivity contribution is 5.65. The molecule has 0 aliphatic heterocycles. The second-order valence-electron chi connectivity index (χ2n) is 4.96. The van der Waals surface area contributed by atoms with E-state index in [1.165, 1.54) is 12.5 Å². The molecule has 2 heterocycles. The van der Waals surface area contributed by atoms with Gasteiger partial charge in [0.1, 0.15) is 18.1 Å². The smallest absolute Gasteiger partial charge is 0.405 e. The monoisotopic (exact) mass is 313 g/mol. The molecule has 0 fully saturated rings. The zero-order valence-corrected chi connectivity index (χ0v) is 12.4. The van der Waals surface area contributed by atoms with Crippen LogP contribution in [0.15, 0.2) is 51.6 Å². The molecule has 3 rings (SSSR count). The van der Waals surface area contributed by atoms with Crippen molar-refractivity contribution in [3.8, 4) is 11.5 Å². The van der Waals surface area contributed by atoms with Gasteiger partial charge in [0.05, 0.1) is 11.9 Å². The first kappa shape index (κ1) is 14.8. The molecule has 118 valence electrons. The van der Waals surface area contributed by atoms with Crippen molar-refractivity contribution in [2.45, 2.75) is 19.4 Å². The van der Waals surface area contributed by atoms with Crippen molar-refractivity contribution in [1.29, 1.82) is 0 Å². The maximum Gasteiger partial charge on any atom is 0.405 e. The maximum absolute atomic E-state index is 11.0. The van der Waals surface area contributed by atoms with Gasteiger partial charge < -0.3 is 19.3 Å². The molecule has 7 nitrogen and oxygen atoms in total. The van der Waals surface area contributed by atoms with Crippen molar-refractivity contribution < 1.29 is 18.7 Å². The first-order chi connectivity index (χ1) is 11.1. The number of oxazole rings is 2. The zero-order chi connectivity index (χ0) is 16.2. The lowest BCUT2D eigenvalue weighted by molar-refractivity contribution is 0.187. The molecule has 0 aliphatic carbocycles. The minimum Gasteiger partial charge on any atom is -0.465 e. The van der Waals surface area contributed by atoms with Crippen LogP contribution in [-0.2, 0) is 6.42 Å². The standard InChI is InChI=1S/C16H15N3O4/c1-10-12(18-14(23-10)11-5-3-2-4-6-11)9-13(19-16(20)21)15-17-7-8-22-15/h2-8,13,19H,9H2,1H3,(H,20,21). The Labute approximate surface area is 132 Å². The van der Waals surface area contributed by atoms with E-state index in [0.29, 0.717) is 17.3 Å². The fourth-order valence-electron chi connectivity index (χ4n) is 2.27. The van der Waals surface area contributed by atoms with Crippen LogP contribution in [0, 0.1) is 6.92 Å². The Morgan fingerprint density at radius 3 is 2.78 bits per heavy atom.